The van der Waals surface area contributed by atoms with Crippen LogP contribution in [0.15, 0.2) is 32.8 Å². The van der Waals surface area contributed by atoms with Crippen LogP contribution in [0.4, 0.5) is 5.69 Å². The Hall–Kier alpha value is -2.51. The minimum atomic E-state index is -0.386. The lowest BCUT2D eigenvalue weighted by Gasteiger charge is -2.12. The summed E-state index contributed by atoms with van der Waals surface area (Å²) in [7, 11) is 0. The highest BCUT2D eigenvalue weighted by atomic mass is 32.1. The number of amides is 1. The van der Waals surface area contributed by atoms with E-state index in [4.69, 9.17) is 10.2 Å². The van der Waals surface area contributed by atoms with Crippen molar-refractivity contribution in [1.29, 1.82) is 0 Å². The van der Waals surface area contributed by atoms with Gasteiger partial charge in [-0.05, 0) is 43.0 Å². The first kappa shape index (κ1) is 18.3. The first-order chi connectivity index (χ1) is 12.3. The molecule has 0 aliphatic rings. The van der Waals surface area contributed by atoms with Crippen molar-refractivity contribution in [1.82, 2.24) is 4.98 Å². The summed E-state index contributed by atoms with van der Waals surface area (Å²) in [6.07, 6.45) is 0. The predicted octanol–water partition coefficient (Wildman–Crippen LogP) is 3.77. The number of anilines is 1. The molecule has 0 aliphatic heterocycles. The second kappa shape index (κ2) is 7.01. The standard InChI is InChI=1S/C19H21N3O3S/c1-9(2)17(20)19-22-14(8-26-19)18(24)21-13-7-12-10(3)6-16(23)25-15(12)5-11(13)4/h5-9,17H,20H2,1-4H3,(H,21,24)/t17-/m0/s1. The van der Waals surface area contributed by atoms with E-state index in [0.29, 0.717) is 17.0 Å². The monoisotopic (exact) mass is 371 g/mol. The molecule has 26 heavy (non-hydrogen) atoms. The third kappa shape index (κ3) is 3.54. The van der Waals surface area contributed by atoms with Crippen LogP contribution in [-0.2, 0) is 0 Å². The fourth-order valence-corrected chi connectivity index (χ4v) is 3.59. The van der Waals surface area contributed by atoms with Crippen LogP contribution < -0.4 is 16.7 Å². The first-order valence-corrected chi connectivity index (χ1v) is 9.21. The second-order valence-corrected chi connectivity index (χ2v) is 7.60. The van der Waals surface area contributed by atoms with Crippen molar-refractivity contribution >= 4 is 33.9 Å². The fraction of sp³-hybridized carbons (Fsp3) is 0.316. The average Bonchev–Trinajstić information content (AvgIpc) is 3.05. The van der Waals surface area contributed by atoms with Crippen LogP contribution in [0.5, 0.6) is 0 Å². The van der Waals surface area contributed by atoms with Gasteiger partial charge in [0.25, 0.3) is 5.91 Å². The smallest absolute Gasteiger partial charge is 0.336 e. The molecule has 1 aromatic carbocycles. The Kier molecular flexibility index (Phi) is 4.93. The van der Waals surface area contributed by atoms with Crippen molar-refractivity contribution in [2.45, 2.75) is 33.7 Å². The highest BCUT2D eigenvalue weighted by Crippen LogP contribution is 2.26. The average molecular weight is 371 g/mol. The molecule has 0 unspecified atom stereocenters. The Labute approximate surface area is 155 Å². The number of fused-ring (bicyclic) bond motifs is 1. The van der Waals surface area contributed by atoms with Gasteiger partial charge in [0.15, 0.2) is 0 Å². The Morgan fingerprint density at radius 2 is 1.96 bits per heavy atom. The lowest BCUT2D eigenvalue weighted by molar-refractivity contribution is 0.102. The lowest BCUT2D eigenvalue weighted by atomic mass is 10.1. The molecular formula is C19H21N3O3S. The third-order valence-electron chi connectivity index (χ3n) is 4.30. The number of benzene rings is 1. The third-order valence-corrected chi connectivity index (χ3v) is 5.25. The number of nitrogens with one attached hydrogen (secondary N) is 1. The lowest BCUT2D eigenvalue weighted by Crippen LogP contribution is -2.18. The van der Waals surface area contributed by atoms with Crippen LogP contribution in [0, 0.1) is 19.8 Å². The maximum atomic E-state index is 12.6. The van der Waals surface area contributed by atoms with E-state index in [9.17, 15) is 9.59 Å². The van der Waals surface area contributed by atoms with E-state index in [2.05, 4.69) is 10.3 Å². The minimum Gasteiger partial charge on any atom is -0.423 e. The highest BCUT2D eigenvalue weighted by Gasteiger charge is 2.18. The van der Waals surface area contributed by atoms with Gasteiger partial charge in [-0.1, -0.05) is 13.8 Å². The van der Waals surface area contributed by atoms with Crippen molar-refractivity contribution in [3.63, 3.8) is 0 Å². The van der Waals surface area contributed by atoms with E-state index in [0.717, 1.165) is 21.5 Å². The molecule has 1 amide bonds. The Balaban J connectivity index is 1.90. The number of nitrogens with zero attached hydrogens (tertiary/aromatic N) is 1. The van der Waals surface area contributed by atoms with Gasteiger partial charge < -0.3 is 15.5 Å². The summed E-state index contributed by atoms with van der Waals surface area (Å²) >= 11 is 1.39. The van der Waals surface area contributed by atoms with E-state index < -0.39 is 0 Å². The molecule has 1 atom stereocenters. The van der Waals surface area contributed by atoms with E-state index in [-0.39, 0.29) is 23.5 Å². The number of hydrogen-bond acceptors (Lipinski definition) is 6. The summed E-state index contributed by atoms with van der Waals surface area (Å²) in [5.41, 5.74) is 8.81. The van der Waals surface area contributed by atoms with Gasteiger partial charge in [0.2, 0.25) is 0 Å². The number of aromatic nitrogens is 1. The molecule has 2 aromatic heterocycles. The van der Waals surface area contributed by atoms with Crippen LogP contribution in [0.2, 0.25) is 0 Å². The van der Waals surface area contributed by atoms with Gasteiger partial charge in [-0.3, -0.25) is 4.79 Å². The number of nitrogens with two attached hydrogens (primary N) is 1. The number of hydrogen-bond donors (Lipinski definition) is 2. The number of thiazole rings is 1. The van der Waals surface area contributed by atoms with Crippen molar-refractivity contribution < 1.29 is 9.21 Å². The number of rotatable bonds is 4. The van der Waals surface area contributed by atoms with Gasteiger partial charge in [-0.25, -0.2) is 9.78 Å². The normalized spacial score (nSPS) is 12.5. The van der Waals surface area contributed by atoms with Crippen LogP contribution in [0.25, 0.3) is 11.0 Å². The molecule has 0 aliphatic carbocycles. The summed E-state index contributed by atoms with van der Waals surface area (Å²) < 4.78 is 5.23. The van der Waals surface area contributed by atoms with Crippen molar-refractivity contribution in [2.75, 3.05) is 5.32 Å². The molecule has 0 radical (unpaired) electrons. The zero-order valence-corrected chi connectivity index (χ0v) is 15.9. The SMILES string of the molecule is Cc1cc2oc(=O)cc(C)c2cc1NC(=O)c1csc([C@@H](N)C(C)C)n1. The highest BCUT2D eigenvalue weighted by molar-refractivity contribution is 7.09. The Morgan fingerprint density at radius 1 is 1.23 bits per heavy atom. The number of carbonyl (C=O) groups excluding carboxylic acids is 1. The number of carbonyl (C=O) groups is 1. The van der Waals surface area contributed by atoms with Gasteiger partial charge in [0, 0.05) is 22.5 Å². The molecule has 6 nitrogen and oxygen atoms in total. The van der Waals surface area contributed by atoms with Crippen molar-refractivity contribution in [3.05, 3.63) is 55.8 Å². The van der Waals surface area contributed by atoms with Gasteiger partial charge >= 0.3 is 5.63 Å². The molecular weight excluding hydrogens is 350 g/mol. The van der Waals surface area contributed by atoms with Gasteiger partial charge in [-0.15, -0.1) is 11.3 Å². The first-order valence-electron chi connectivity index (χ1n) is 8.33. The summed E-state index contributed by atoms with van der Waals surface area (Å²) in [5, 5.41) is 6.13. The van der Waals surface area contributed by atoms with Gasteiger partial charge in [0.1, 0.15) is 16.3 Å². The molecule has 3 aromatic rings. The van der Waals surface area contributed by atoms with E-state index in [1.807, 2.05) is 33.8 Å². The van der Waals surface area contributed by atoms with E-state index >= 15 is 0 Å². The Bertz CT molecular complexity index is 1040. The summed E-state index contributed by atoms with van der Waals surface area (Å²) in [6.45, 7) is 7.72. The molecule has 0 fully saturated rings. The molecule has 3 rings (SSSR count). The maximum Gasteiger partial charge on any atom is 0.336 e. The zero-order chi connectivity index (χ0) is 19.0. The van der Waals surface area contributed by atoms with Crippen LogP contribution in [0.3, 0.4) is 0 Å². The maximum absolute atomic E-state index is 12.6. The summed E-state index contributed by atoms with van der Waals surface area (Å²) in [6, 6.07) is 4.81. The topological polar surface area (TPSA) is 98.2 Å². The largest absolute Gasteiger partial charge is 0.423 e. The molecule has 2 heterocycles. The van der Waals surface area contributed by atoms with Gasteiger partial charge in [-0.2, -0.15) is 0 Å². The number of aryl methyl sites for hydroxylation is 2. The molecule has 0 spiro atoms. The van der Waals surface area contributed by atoms with Crippen LogP contribution >= 0.6 is 11.3 Å². The molecule has 0 saturated heterocycles. The quantitative estimate of drug-likeness (QED) is 0.680. The van der Waals surface area contributed by atoms with Crippen molar-refractivity contribution in [3.8, 4) is 0 Å². The zero-order valence-electron chi connectivity index (χ0n) is 15.1. The van der Waals surface area contributed by atoms with Crippen LogP contribution in [-0.4, -0.2) is 10.9 Å². The summed E-state index contributed by atoms with van der Waals surface area (Å²) in [5.74, 6) is -0.0432. The molecule has 136 valence electrons. The Morgan fingerprint density at radius 3 is 2.65 bits per heavy atom. The fourth-order valence-electron chi connectivity index (χ4n) is 2.62. The minimum absolute atomic E-state index is 0.186. The van der Waals surface area contributed by atoms with Crippen molar-refractivity contribution in [2.24, 2.45) is 11.7 Å². The van der Waals surface area contributed by atoms with Crippen LogP contribution in [0.1, 0.15) is 46.5 Å². The van der Waals surface area contributed by atoms with E-state index in [1.54, 1.807) is 11.4 Å². The second-order valence-electron chi connectivity index (χ2n) is 6.71. The summed E-state index contributed by atoms with van der Waals surface area (Å²) in [4.78, 5) is 28.5. The molecule has 0 saturated carbocycles. The molecule has 0 bridgehead atoms. The van der Waals surface area contributed by atoms with E-state index in [1.165, 1.54) is 17.4 Å². The molecule has 3 N–H and O–H groups in total. The predicted molar refractivity (Wildman–Crippen MR) is 104 cm³/mol. The van der Waals surface area contributed by atoms with Gasteiger partial charge in [0.05, 0.1) is 6.04 Å². The molecule has 7 heteroatoms.